The van der Waals surface area contributed by atoms with Crippen molar-refractivity contribution < 1.29 is 22.5 Å². The topological polar surface area (TPSA) is 121 Å². The molecule has 0 bridgehead atoms. The van der Waals surface area contributed by atoms with Crippen LogP contribution in [0.1, 0.15) is 72.1 Å². The first-order valence-electron chi connectivity index (χ1n) is 9.24. The molecule has 0 aromatic heterocycles. The van der Waals surface area contributed by atoms with Gasteiger partial charge in [0.2, 0.25) is 0 Å². The van der Waals surface area contributed by atoms with Crippen LogP contribution in [0.3, 0.4) is 0 Å². The zero-order valence-corrected chi connectivity index (χ0v) is 16.8. The predicted molar refractivity (Wildman–Crippen MR) is 100 cm³/mol. The Morgan fingerprint density at radius 1 is 0.800 bits per heavy atom. The largest absolute Gasteiger partial charge is 0.356 e. The second-order valence-corrected chi connectivity index (χ2v) is 8.09. The summed E-state index contributed by atoms with van der Waals surface area (Å²) in [6.07, 6.45) is 8.82. The molecule has 0 aliphatic heterocycles. The molecule has 0 atom stereocenters. The highest BCUT2D eigenvalue weighted by Gasteiger charge is 2.25. The van der Waals surface area contributed by atoms with Crippen molar-refractivity contribution >= 4 is 10.1 Å². The molecule has 0 saturated carbocycles. The van der Waals surface area contributed by atoms with Crippen LogP contribution in [0.4, 0.5) is 0 Å². The minimum absolute atomic E-state index is 0.0949. The van der Waals surface area contributed by atoms with Crippen LogP contribution in [-0.4, -0.2) is 54.5 Å². The zero-order chi connectivity index (χ0) is 19.8. The van der Waals surface area contributed by atoms with E-state index in [1.165, 1.54) is 58.2 Å². The Balaban J connectivity index is 0. The normalized spacial score (nSPS) is 11.7. The van der Waals surface area contributed by atoms with E-state index in [1.54, 1.807) is 0 Å². The second-order valence-electron chi connectivity index (χ2n) is 6.51. The maximum absolute atomic E-state index is 10.8. The maximum atomic E-state index is 10.8. The summed E-state index contributed by atoms with van der Waals surface area (Å²) in [5.41, 5.74) is 0. The average Bonchev–Trinajstić information content (AvgIpc) is 2.51. The van der Waals surface area contributed by atoms with E-state index >= 15 is 0 Å². The molecule has 8 nitrogen and oxygen atoms in total. The van der Waals surface area contributed by atoms with Crippen LogP contribution in [0, 0.1) is 15.3 Å². The van der Waals surface area contributed by atoms with Crippen LogP contribution in [-0.2, 0) is 10.1 Å². The third-order valence-corrected chi connectivity index (χ3v) is 5.05. The van der Waals surface area contributed by atoms with Gasteiger partial charge in [0, 0.05) is 0 Å². The second kappa shape index (κ2) is 15.3. The average molecular weight is 385 g/mol. The first-order valence-corrected chi connectivity index (χ1v) is 10.8. The first kappa shape index (κ1) is 26.3. The summed E-state index contributed by atoms with van der Waals surface area (Å²) in [5.74, 6) is -0.0949. The Morgan fingerprint density at radius 3 is 1.40 bits per heavy atom. The fourth-order valence-electron chi connectivity index (χ4n) is 2.88. The molecule has 0 aromatic carbocycles. The van der Waals surface area contributed by atoms with Crippen LogP contribution in [0.25, 0.3) is 0 Å². The SMILES string of the molecule is CCCC[N+](CCCC)(CCCC)CCCCS(=O)(=O)O.O=[N+]([O-])[O-]. The third kappa shape index (κ3) is 19.2. The summed E-state index contributed by atoms with van der Waals surface area (Å²) in [6, 6.07) is 0. The van der Waals surface area contributed by atoms with Crippen molar-refractivity contribution in [3.05, 3.63) is 15.3 Å². The minimum atomic E-state index is -3.80. The molecule has 0 heterocycles. The number of hydrogen-bond acceptors (Lipinski definition) is 5. The van der Waals surface area contributed by atoms with Crippen molar-refractivity contribution in [2.45, 2.75) is 72.1 Å². The molecule has 0 fully saturated rings. The lowest BCUT2D eigenvalue weighted by Gasteiger charge is -2.39. The van der Waals surface area contributed by atoms with Crippen molar-refractivity contribution in [2.75, 3.05) is 31.9 Å². The molecule has 25 heavy (non-hydrogen) atoms. The Morgan fingerprint density at radius 2 is 1.12 bits per heavy atom. The van der Waals surface area contributed by atoms with Gasteiger partial charge < -0.3 is 19.8 Å². The van der Waals surface area contributed by atoms with E-state index in [2.05, 4.69) is 20.8 Å². The maximum Gasteiger partial charge on any atom is 0.264 e. The Hall–Kier alpha value is -0.930. The highest BCUT2D eigenvalue weighted by Crippen LogP contribution is 2.16. The molecule has 0 aliphatic carbocycles. The monoisotopic (exact) mass is 384 g/mol. The standard InChI is InChI=1S/C16H35NO3S.NO3/c1-4-7-12-17(13-8-5-2,14-9-6-3)15-10-11-16-21(18,19)20;2-1(3)4/h4-16H2,1-3H3;/q;-1/p+1. The number of quaternary nitrogens is 1. The quantitative estimate of drug-likeness (QED) is 0.160. The highest BCUT2D eigenvalue weighted by atomic mass is 32.2. The number of unbranched alkanes of at least 4 members (excludes halogenated alkanes) is 4. The van der Waals surface area contributed by atoms with E-state index < -0.39 is 15.2 Å². The molecule has 0 unspecified atom stereocenters. The van der Waals surface area contributed by atoms with Crippen molar-refractivity contribution in [2.24, 2.45) is 0 Å². The third-order valence-electron chi connectivity index (χ3n) is 4.24. The Labute approximate surface area is 152 Å². The molecule has 0 aliphatic rings. The van der Waals surface area contributed by atoms with Gasteiger partial charge in [-0.15, -0.1) is 0 Å². The zero-order valence-electron chi connectivity index (χ0n) is 16.0. The smallest absolute Gasteiger partial charge is 0.264 e. The van der Waals surface area contributed by atoms with Crippen LogP contribution >= 0.6 is 0 Å². The van der Waals surface area contributed by atoms with Gasteiger partial charge in [0.1, 0.15) is 0 Å². The summed E-state index contributed by atoms with van der Waals surface area (Å²) in [7, 11) is -3.80. The van der Waals surface area contributed by atoms with Crippen LogP contribution in [0.2, 0.25) is 0 Å². The lowest BCUT2D eigenvalue weighted by atomic mass is 10.1. The summed E-state index contributed by atoms with van der Waals surface area (Å²) in [5, 5.41) is 14.8. The van der Waals surface area contributed by atoms with Crippen LogP contribution < -0.4 is 0 Å². The number of rotatable bonds is 14. The van der Waals surface area contributed by atoms with Gasteiger partial charge in [0.25, 0.3) is 10.1 Å². The van der Waals surface area contributed by atoms with E-state index in [0.717, 1.165) is 17.4 Å². The Bertz CT molecular complexity index is 403. The highest BCUT2D eigenvalue weighted by molar-refractivity contribution is 7.85. The van der Waals surface area contributed by atoms with Gasteiger partial charge in [0.05, 0.1) is 37.0 Å². The van der Waals surface area contributed by atoms with E-state index in [0.29, 0.717) is 6.42 Å². The van der Waals surface area contributed by atoms with E-state index in [9.17, 15) is 8.42 Å². The molecule has 9 heteroatoms. The van der Waals surface area contributed by atoms with Crippen molar-refractivity contribution in [1.29, 1.82) is 0 Å². The lowest BCUT2D eigenvalue weighted by molar-refractivity contribution is -0.929. The van der Waals surface area contributed by atoms with Gasteiger partial charge in [-0.05, 0) is 32.1 Å². The molecule has 0 saturated heterocycles. The summed E-state index contributed by atoms with van der Waals surface area (Å²) >= 11 is 0. The van der Waals surface area contributed by atoms with Gasteiger partial charge in [-0.2, -0.15) is 8.42 Å². The fourth-order valence-corrected chi connectivity index (χ4v) is 3.45. The molecule has 0 amide bonds. The van der Waals surface area contributed by atoms with Gasteiger partial charge in [0.15, 0.2) is 0 Å². The van der Waals surface area contributed by atoms with Gasteiger partial charge >= 0.3 is 0 Å². The van der Waals surface area contributed by atoms with Crippen molar-refractivity contribution in [1.82, 2.24) is 0 Å². The van der Waals surface area contributed by atoms with E-state index in [1.807, 2.05) is 0 Å². The molecule has 0 radical (unpaired) electrons. The lowest BCUT2D eigenvalue weighted by Crippen LogP contribution is -2.50. The summed E-state index contributed by atoms with van der Waals surface area (Å²) < 4.78 is 31.6. The summed E-state index contributed by atoms with van der Waals surface area (Å²) in [4.78, 5) is 8.25. The Kier molecular flexibility index (Phi) is 16.1. The molecular formula is C16H36N2O6S. The predicted octanol–water partition coefficient (Wildman–Crippen LogP) is 3.63. The van der Waals surface area contributed by atoms with Crippen molar-refractivity contribution in [3.63, 3.8) is 0 Å². The first-order chi connectivity index (χ1) is 11.6. The number of hydrogen-bond donors (Lipinski definition) is 1. The van der Waals surface area contributed by atoms with E-state index in [-0.39, 0.29) is 5.75 Å². The van der Waals surface area contributed by atoms with Crippen LogP contribution in [0.5, 0.6) is 0 Å². The molecule has 152 valence electrons. The van der Waals surface area contributed by atoms with E-state index in [4.69, 9.17) is 19.9 Å². The molecular weight excluding hydrogens is 348 g/mol. The van der Waals surface area contributed by atoms with Crippen LogP contribution in [0.15, 0.2) is 0 Å². The van der Waals surface area contributed by atoms with Gasteiger partial charge in [-0.3, -0.25) is 4.55 Å². The van der Waals surface area contributed by atoms with Gasteiger partial charge in [-0.25, -0.2) is 0 Å². The minimum Gasteiger partial charge on any atom is -0.356 e. The molecule has 0 rings (SSSR count). The number of nitrogens with zero attached hydrogens (tertiary/aromatic N) is 2. The molecule has 0 aromatic rings. The molecule has 0 spiro atoms. The molecule has 1 N–H and O–H groups in total. The fraction of sp³-hybridized carbons (Fsp3) is 1.00. The summed E-state index contributed by atoms with van der Waals surface area (Å²) in [6.45, 7) is 11.4. The van der Waals surface area contributed by atoms with Gasteiger partial charge in [-0.1, -0.05) is 40.0 Å². The van der Waals surface area contributed by atoms with Crippen molar-refractivity contribution in [3.8, 4) is 0 Å².